The van der Waals surface area contributed by atoms with E-state index in [0.29, 0.717) is 38.4 Å². The zero-order valence-electron chi connectivity index (χ0n) is 10.8. The third-order valence-electron chi connectivity index (χ3n) is 3.18. The number of unbranched alkanes of at least 4 members (excludes halogenated alkanes) is 1. The van der Waals surface area contributed by atoms with E-state index in [4.69, 9.17) is 5.11 Å². The molecule has 1 aliphatic heterocycles. The predicted octanol–water partition coefficient (Wildman–Crippen LogP) is 0.808. The summed E-state index contributed by atoms with van der Waals surface area (Å²) in [5.41, 5.74) is 0. The standard InChI is InChI=1S/C11H22N2O4S/c1-10-5-8-13(9-6-10)18(16,17)12-7-3-2-4-11(14)15/h10,12H,2-9H2,1H3,(H,14,15). The Kier molecular flexibility index (Phi) is 6.04. The number of nitrogens with zero attached hydrogens (tertiary/aromatic N) is 1. The highest BCUT2D eigenvalue weighted by molar-refractivity contribution is 7.87. The van der Waals surface area contributed by atoms with Crippen LogP contribution < -0.4 is 4.72 Å². The van der Waals surface area contributed by atoms with Crippen molar-refractivity contribution in [1.29, 1.82) is 0 Å². The Hall–Kier alpha value is -0.660. The highest BCUT2D eigenvalue weighted by Gasteiger charge is 2.25. The summed E-state index contributed by atoms with van der Waals surface area (Å²) in [6.45, 7) is 3.59. The number of hydrogen-bond acceptors (Lipinski definition) is 3. The van der Waals surface area contributed by atoms with Gasteiger partial charge in [-0.3, -0.25) is 4.79 Å². The molecule has 106 valence electrons. The lowest BCUT2D eigenvalue weighted by atomic mass is 10.0. The number of hydrogen-bond donors (Lipinski definition) is 2. The summed E-state index contributed by atoms with van der Waals surface area (Å²) < 4.78 is 27.8. The predicted molar refractivity (Wildman–Crippen MR) is 68.4 cm³/mol. The van der Waals surface area contributed by atoms with Gasteiger partial charge < -0.3 is 5.11 Å². The first-order valence-corrected chi connectivity index (χ1v) is 7.82. The summed E-state index contributed by atoms with van der Waals surface area (Å²) in [5.74, 6) is -0.255. The fraction of sp³-hybridized carbons (Fsp3) is 0.909. The second-order valence-electron chi connectivity index (χ2n) is 4.83. The third-order valence-corrected chi connectivity index (χ3v) is 4.80. The van der Waals surface area contributed by atoms with Gasteiger partial charge in [0.1, 0.15) is 0 Å². The monoisotopic (exact) mass is 278 g/mol. The van der Waals surface area contributed by atoms with Gasteiger partial charge in [0, 0.05) is 26.1 Å². The Labute approximate surface area is 109 Å². The molecule has 0 saturated carbocycles. The van der Waals surface area contributed by atoms with Crippen molar-refractivity contribution < 1.29 is 18.3 Å². The first kappa shape index (κ1) is 15.4. The van der Waals surface area contributed by atoms with Crippen molar-refractivity contribution in [2.75, 3.05) is 19.6 Å². The van der Waals surface area contributed by atoms with Gasteiger partial charge in [-0.05, 0) is 31.6 Å². The van der Waals surface area contributed by atoms with Crippen LogP contribution >= 0.6 is 0 Å². The van der Waals surface area contributed by atoms with E-state index in [2.05, 4.69) is 11.6 Å². The second kappa shape index (κ2) is 7.06. The Morgan fingerprint density at radius 2 is 1.94 bits per heavy atom. The number of carboxylic acid groups (broad SMARTS) is 1. The Morgan fingerprint density at radius 3 is 2.50 bits per heavy atom. The van der Waals surface area contributed by atoms with Crippen molar-refractivity contribution in [3.05, 3.63) is 0 Å². The normalized spacial score (nSPS) is 18.9. The van der Waals surface area contributed by atoms with Gasteiger partial charge in [0.2, 0.25) is 0 Å². The highest BCUT2D eigenvalue weighted by Crippen LogP contribution is 2.17. The largest absolute Gasteiger partial charge is 0.481 e. The van der Waals surface area contributed by atoms with Crippen LogP contribution in [0.2, 0.25) is 0 Å². The minimum absolute atomic E-state index is 0.0863. The molecule has 18 heavy (non-hydrogen) atoms. The summed E-state index contributed by atoms with van der Waals surface area (Å²) >= 11 is 0. The number of rotatable bonds is 7. The van der Waals surface area contributed by atoms with Gasteiger partial charge in [0.05, 0.1) is 0 Å². The zero-order chi connectivity index (χ0) is 13.6. The molecule has 0 unspecified atom stereocenters. The maximum atomic E-state index is 11.9. The topological polar surface area (TPSA) is 86.7 Å². The molecule has 1 fully saturated rings. The Bertz CT molecular complexity index is 361. The van der Waals surface area contributed by atoms with Crippen LogP contribution in [0.1, 0.15) is 39.0 Å². The van der Waals surface area contributed by atoms with Crippen LogP contribution in [0.4, 0.5) is 0 Å². The second-order valence-corrected chi connectivity index (χ2v) is 6.59. The molecule has 0 aliphatic carbocycles. The van der Waals surface area contributed by atoms with Crippen molar-refractivity contribution >= 4 is 16.2 Å². The molecule has 6 nitrogen and oxygen atoms in total. The van der Waals surface area contributed by atoms with Crippen molar-refractivity contribution in [3.63, 3.8) is 0 Å². The lowest BCUT2D eigenvalue weighted by Gasteiger charge is -2.29. The van der Waals surface area contributed by atoms with Crippen LogP contribution in [-0.4, -0.2) is 43.4 Å². The Balaban J connectivity index is 2.25. The fourth-order valence-corrected chi connectivity index (χ4v) is 3.20. The maximum Gasteiger partial charge on any atom is 0.303 e. The van der Waals surface area contributed by atoms with E-state index in [1.54, 1.807) is 0 Å². The van der Waals surface area contributed by atoms with Gasteiger partial charge in [0.25, 0.3) is 10.2 Å². The summed E-state index contributed by atoms with van der Waals surface area (Å²) in [6, 6.07) is 0. The molecule has 0 aromatic heterocycles. The molecule has 7 heteroatoms. The molecule has 0 amide bonds. The lowest BCUT2D eigenvalue weighted by molar-refractivity contribution is -0.137. The summed E-state index contributed by atoms with van der Waals surface area (Å²) in [7, 11) is -3.37. The van der Waals surface area contributed by atoms with E-state index in [1.807, 2.05) is 0 Å². The average molecular weight is 278 g/mol. The van der Waals surface area contributed by atoms with Gasteiger partial charge in [-0.1, -0.05) is 6.92 Å². The highest BCUT2D eigenvalue weighted by atomic mass is 32.2. The SMILES string of the molecule is CC1CCN(S(=O)(=O)NCCCCC(=O)O)CC1. The van der Waals surface area contributed by atoms with Crippen molar-refractivity contribution in [3.8, 4) is 0 Å². The first-order valence-electron chi connectivity index (χ1n) is 6.38. The third kappa shape index (κ3) is 5.32. The number of carbonyl (C=O) groups is 1. The molecular formula is C11H22N2O4S. The number of piperidine rings is 1. The molecule has 0 bridgehead atoms. The summed E-state index contributed by atoms with van der Waals surface area (Å²) in [5, 5.41) is 8.45. The number of aliphatic carboxylic acids is 1. The molecule has 0 atom stereocenters. The molecule has 0 aromatic carbocycles. The summed E-state index contributed by atoms with van der Waals surface area (Å²) in [6.07, 6.45) is 2.94. The van der Waals surface area contributed by atoms with Crippen molar-refractivity contribution in [1.82, 2.24) is 9.03 Å². The molecule has 0 aromatic rings. The lowest BCUT2D eigenvalue weighted by Crippen LogP contribution is -2.44. The molecular weight excluding hydrogens is 256 g/mol. The maximum absolute atomic E-state index is 11.9. The van der Waals surface area contributed by atoms with Crippen molar-refractivity contribution in [2.24, 2.45) is 5.92 Å². The van der Waals surface area contributed by atoms with E-state index in [-0.39, 0.29) is 6.42 Å². The van der Waals surface area contributed by atoms with Crippen LogP contribution in [0.25, 0.3) is 0 Å². The molecule has 2 N–H and O–H groups in total. The van der Waals surface area contributed by atoms with Gasteiger partial charge in [-0.15, -0.1) is 0 Å². The fourth-order valence-electron chi connectivity index (χ4n) is 1.92. The van der Waals surface area contributed by atoms with Gasteiger partial charge in [-0.25, -0.2) is 4.72 Å². The molecule has 1 rings (SSSR count). The Morgan fingerprint density at radius 1 is 1.33 bits per heavy atom. The van der Waals surface area contributed by atoms with Crippen LogP contribution in [0, 0.1) is 5.92 Å². The van der Waals surface area contributed by atoms with E-state index in [9.17, 15) is 13.2 Å². The smallest absolute Gasteiger partial charge is 0.303 e. The van der Waals surface area contributed by atoms with Gasteiger partial charge >= 0.3 is 5.97 Å². The molecule has 1 saturated heterocycles. The van der Waals surface area contributed by atoms with E-state index in [0.717, 1.165) is 12.8 Å². The van der Waals surface area contributed by atoms with Crippen molar-refractivity contribution in [2.45, 2.75) is 39.0 Å². The van der Waals surface area contributed by atoms with E-state index in [1.165, 1.54) is 4.31 Å². The number of nitrogens with one attached hydrogen (secondary N) is 1. The van der Waals surface area contributed by atoms with Crippen LogP contribution in [0.5, 0.6) is 0 Å². The van der Waals surface area contributed by atoms with E-state index < -0.39 is 16.2 Å². The molecule has 1 heterocycles. The minimum atomic E-state index is -3.37. The quantitative estimate of drug-likeness (QED) is 0.675. The molecule has 1 aliphatic rings. The van der Waals surface area contributed by atoms with Crippen LogP contribution in [0.3, 0.4) is 0 Å². The first-order chi connectivity index (χ1) is 8.42. The van der Waals surface area contributed by atoms with E-state index >= 15 is 0 Å². The molecule has 0 radical (unpaired) electrons. The minimum Gasteiger partial charge on any atom is -0.481 e. The van der Waals surface area contributed by atoms with Gasteiger partial charge in [0.15, 0.2) is 0 Å². The van der Waals surface area contributed by atoms with Crippen LogP contribution in [-0.2, 0) is 15.0 Å². The summed E-state index contributed by atoms with van der Waals surface area (Å²) in [4.78, 5) is 10.3. The van der Waals surface area contributed by atoms with Crippen LogP contribution in [0.15, 0.2) is 0 Å². The molecule has 0 spiro atoms. The zero-order valence-corrected chi connectivity index (χ0v) is 11.6. The van der Waals surface area contributed by atoms with Gasteiger partial charge in [-0.2, -0.15) is 12.7 Å². The average Bonchev–Trinajstić information content (AvgIpc) is 2.28. The number of carboxylic acids is 1.